The Morgan fingerprint density at radius 2 is 2.17 bits per heavy atom. The molecule has 0 saturated heterocycles. The fraction of sp³-hybridized carbons (Fsp3) is 0.462. The lowest BCUT2D eigenvalue weighted by molar-refractivity contribution is -0.123. The molecule has 0 spiro atoms. The SMILES string of the molecule is Cc1c(O)cccc1OCC(=O)NCC(C)(C)N. The van der Waals surface area contributed by atoms with Gasteiger partial charge in [-0.15, -0.1) is 0 Å². The summed E-state index contributed by atoms with van der Waals surface area (Å²) in [5, 5.41) is 12.2. The molecule has 5 nitrogen and oxygen atoms in total. The Labute approximate surface area is 107 Å². The minimum Gasteiger partial charge on any atom is -0.508 e. The number of hydrogen-bond donors (Lipinski definition) is 3. The van der Waals surface area contributed by atoms with Crippen molar-refractivity contribution in [2.75, 3.05) is 13.2 Å². The van der Waals surface area contributed by atoms with Gasteiger partial charge in [-0.05, 0) is 32.9 Å². The van der Waals surface area contributed by atoms with E-state index in [0.29, 0.717) is 17.9 Å². The number of phenols is 1. The minimum absolute atomic E-state index is 0.0969. The van der Waals surface area contributed by atoms with E-state index in [1.807, 2.05) is 13.8 Å². The van der Waals surface area contributed by atoms with Crippen LogP contribution in [0.15, 0.2) is 18.2 Å². The number of ether oxygens (including phenoxy) is 1. The lowest BCUT2D eigenvalue weighted by Crippen LogP contribution is -2.46. The van der Waals surface area contributed by atoms with Gasteiger partial charge in [0, 0.05) is 17.6 Å². The molecule has 5 heteroatoms. The summed E-state index contributed by atoms with van der Waals surface area (Å²) in [6.07, 6.45) is 0. The molecule has 0 aliphatic heterocycles. The number of carbonyl (C=O) groups excluding carboxylic acids is 1. The second kappa shape index (κ2) is 5.73. The van der Waals surface area contributed by atoms with E-state index in [-0.39, 0.29) is 18.3 Å². The first kappa shape index (κ1) is 14.3. The quantitative estimate of drug-likeness (QED) is 0.728. The van der Waals surface area contributed by atoms with Crippen LogP contribution in [0.2, 0.25) is 0 Å². The molecule has 0 unspecified atom stereocenters. The molecule has 18 heavy (non-hydrogen) atoms. The highest BCUT2D eigenvalue weighted by Crippen LogP contribution is 2.25. The van der Waals surface area contributed by atoms with Crippen molar-refractivity contribution >= 4 is 5.91 Å². The number of nitrogens with one attached hydrogen (secondary N) is 1. The van der Waals surface area contributed by atoms with Crippen LogP contribution >= 0.6 is 0 Å². The molecule has 1 rings (SSSR count). The molecule has 0 heterocycles. The monoisotopic (exact) mass is 252 g/mol. The van der Waals surface area contributed by atoms with Gasteiger partial charge in [-0.1, -0.05) is 6.07 Å². The number of carbonyl (C=O) groups is 1. The highest BCUT2D eigenvalue weighted by atomic mass is 16.5. The van der Waals surface area contributed by atoms with Crippen molar-refractivity contribution in [2.24, 2.45) is 5.73 Å². The predicted molar refractivity (Wildman–Crippen MR) is 69.6 cm³/mol. The van der Waals surface area contributed by atoms with Crippen LogP contribution < -0.4 is 15.8 Å². The molecule has 4 N–H and O–H groups in total. The Hall–Kier alpha value is -1.75. The third kappa shape index (κ3) is 4.63. The Kier molecular flexibility index (Phi) is 4.55. The van der Waals surface area contributed by atoms with E-state index in [4.69, 9.17) is 10.5 Å². The van der Waals surface area contributed by atoms with Crippen LogP contribution in [0.3, 0.4) is 0 Å². The largest absolute Gasteiger partial charge is 0.508 e. The maximum atomic E-state index is 11.5. The van der Waals surface area contributed by atoms with Gasteiger partial charge in [0.25, 0.3) is 5.91 Å². The van der Waals surface area contributed by atoms with Crippen LogP contribution in [-0.2, 0) is 4.79 Å². The van der Waals surface area contributed by atoms with Crippen molar-refractivity contribution in [3.8, 4) is 11.5 Å². The fourth-order valence-corrected chi connectivity index (χ4v) is 1.28. The molecular weight excluding hydrogens is 232 g/mol. The summed E-state index contributed by atoms with van der Waals surface area (Å²) in [6.45, 7) is 5.67. The minimum atomic E-state index is -0.448. The summed E-state index contributed by atoms with van der Waals surface area (Å²) < 4.78 is 5.33. The Morgan fingerprint density at radius 1 is 1.50 bits per heavy atom. The summed E-state index contributed by atoms with van der Waals surface area (Å²) in [5.41, 5.74) is 5.91. The Balaban J connectivity index is 2.46. The molecule has 0 aliphatic carbocycles. The van der Waals surface area contributed by atoms with Gasteiger partial charge in [-0.2, -0.15) is 0 Å². The number of nitrogens with two attached hydrogens (primary N) is 1. The first-order chi connectivity index (χ1) is 8.29. The maximum Gasteiger partial charge on any atom is 0.258 e. The van der Waals surface area contributed by atoms with Gasteiger partial charge >= 0.3 is 0 Å². The summed E-state index contributed by atoms with van der Waals surface area (Å²) in [4.78, 5) is 11.5. The molecule has 0 aromatic heterocycles. The Morgan fingerprint density at radius 3 is 2.78 bits per heavy atom. The van der Waals surface area contributed by atoms with E-state index in [2.05, 4.69) is 5.32 Å². The number of amides is 1. The zero-order valence-electron chi connectivity index (χ0n) is 11.0. The molecule has 0 radical (unpaired) electrons. The first-order valence-electron chi connectivity index (χ1n) is 5.76. The molecule has 0 saturated carbocycles. The molecule has 1 aromatic rings. The van der Waals surface area contributed by atoms with E-state index in [0.717, 1.165) is 0 Å². The molecule has 1 aromatic carbocycles. The fourth-order valence-electron chi connectivity index (χ4n) is 1.28. The standard InChI is InChI=1S/C13H20N2O3/c1-9-10(16)5-4-6-11(9)18-7-12(17)15-8-13(2,3)14/h4-6,16H,7-8,14H2,1-3H3,(H,15,17). The van der Waals surface area contributed by atoms with Crippen molar-refractivity contribution in [1.29, 1.82) is 0 Å². The number of hydrogen-bond acceptors (Lipinski definition) is 4. The Bertz CT molecular complexity index is 425. The first-order valence-corrected chi connectivity index (χ1v) is 5.76. The van der Waals surface area contributed by atoms with Crippen LogP contribution in [0, 0.1) is 6.92 Å². The van der Waals surface area contributed by atoms with Gasteiger partial charge < -0.3 is 20.9 Å². The zero-order chi connectivity index (χ0) is 13.8. The maximum absolute atomic E-state index is 11.5. The van der Waals surface area contributed by atoms with Crippen LogP contribution in [-0.4, -0.2) is 29.7 Å². The second-order valence-electron chi connectivity index (χ2n) is 4.95. The van der Waals surface area contributed by atoms with E-state index in [1.54, 1.807) is 25.1 Å². The van der Waals surface area contributed by atoms with E-state index >= 15 is 0 Å². The summed E-state index contributed by atoms with van der Waals surface area (Å²) in [7, 11) is 0. The van der Waals surface area contributed by atoms with Crippen molar-refractivity contribution in [3.05, 3.63) is 23.8 Å². The van der Waals surface area contributed by atoms with Gasteiger partial charge in [0.15, 0.2) is 6.61 Å². The zero-order valence-corrected chi connectivity index (χ0v) is 11.0. The van der Waals surface area contributed by atoms with Gasteiger partial charge in [-0.25, -0.2) is 0 Å². The highest BCUT2D eigenvalue weighted by Gasteiger charge is 2.13. The lowest BCUT2D eigenvalue weighted by Gasteiger charge is -2.19. The normalized spacial score (nSPS) is 11.1. The molecular formula is C13H20N2O3. The average Bonchev–Trinajstić information content (AvgIpc) is 2.27. The summed E-state index contributed by atoms with van der Waals surface area (Å²) in [5.74, 6) is 0.407. The highest BCUT2D eigenvalue weighted by molar-refractivity contribution is 5.77. The van der Waals surface area contributed by atoms with Crippen molar-refractivity contribution in [2.45, 2.75) is 26.3 Å². The predicted octanol–water partition coefficient (Wildman–Crippen LogP) is 0.933. The van der Waals surface area contributed by atoms with Crippen LogP contribution in [0.5, 0.6) is 11.5 Å². The number of phenolic OH excluding ortho intramolecular Hbond substituents is 1. The van der Waals surface area contributed by atoms with Gasteiger partial charge in [-0.3, -0.25) is 4.79 Å². The van der Waals surface area contributed by atoms with Crippen LogP contribution in [0.25, 0.3) is 0 Å². The van der Waals surface area contributed by atoms with Crippen LogP contribution in [0.1, 0.15) is 19.4 Å². The number of rotatable bonds is 5. The number of aromatic hydroxyl groups is 1. The molecule has 0 aliphatic rings. The van der Waals surface area contributed by atoms with Crippen LogP contribution in [0.4, 0.5) is 0 Å². The average molecular weight is 252 g/mol. The third-order valence-corrected chi connectivity index (χ3v) is 2.36. The number of benzene rings is 1. The molecule has 0 bridgehead atoms. The summed E-state index contributed by atoms with van der Waals surface area (Å²) >= 11 is 0. The third-order valence-electron chi connectivity index (χ3n) is 2.36. The smallest absolute Gasteiger partial charge is 0.258 e. The van der Waals surface area contributed by atoms with E-state index < -0.39 is 5.54 Å². The topological polar surface area (TPSA) is 84.6 Å². The molecule has 1 amide bonds. The van der Waals surface area contributed by atoms with Crippen molar-refractivity contribution in [3.63, 3.8) is 0 Å². The van der Waals surface area contributed by atoms with E-state index in [1.165, 1.54) is 0 Å². The van der Waals surface area contributed by atoms with E-state index in [9.17, 15) is 9.90 Å². The molecule has 0 atom stereocenters. The van der Waals surface area contributed by atoms with Crippen molar-refractivity contribution < 1.29 is 14.6 Å². The second-order valence-corrected chi connectivity index (χ2v) is 4.95. The molecule has 100 valence electrons. The molecule has 0 fully saturated rings. The van der Waals surface area contributed by atoms with Gasteiger partial charge in [0.05, 0.1) is 0 Å². The van der Waals surface area contributed by atoms with Gasteiger partial charge in [0.2, 0.25) is 0 Å². The summed E-state index contributed by atoms with van der Waals surface area (Å²) in [6, 6.07) is 4.94. The lowest BCUT2D eigenvalue weighted by atomic mass is 10.1. The van der Waals surface area contributed by atoms with Crippen molar-refractivity contribution in [1.82, 2.24) is 5.32 Å². The van der Waals surface area contributed by atoms with Gasteiger partial charge in [0.1, 0.15) is 11.5 Å².